The molecule has 0 saturated carbocycles. The maximum absolute atomic E-state index is 12.5. The third-order valence-electron chi connectivity index (χ3n) is 4.47. The summed E-state index contributed by atoms with van der Waals surface area (Å²) < 4.78 is 10.4. The Bertz CT molecular complexity index is 942. The molecule has 158 valence electrons. The summed E-state index contributed by atoms with van der Waals surface area (Å²) in [6.07, 6.45) is 1.35. The van der Waals surface area contributed by atoms with Crippen LogP contribution in [0.4, 0.5) is 0 Å². The molecule has 0 aliphatic carbocycles. The summed E-state index contributed by atoms with van der Waals surface area (Å²) in [5.41, 5.74) is 0.103. The van der Waals surface area contributed by atoms with Crippen LogP contribution in [0.3, 0.4) is 0 Å². The van der Waals surface area contributed by atoms with Gasteiger partial charge in [-0.3, -0.25) is 19.3 Å². The number of rotatable bonds is 7. The van der Waals surface area contributed by atoms with Crippen LogP contribution in [0.25, 0.3) is 0 Å². The van der Waals surface area contributed by atoms with Crippen molar-refractivity contribution in [3.05, 3.63) is 52.8 Å². The highest BCUT2D eigenvalue weighted by atomic mass is 32.2. The minimum atomic E-state index is -1.28. The lowest BCUT2D eigenvalue weighted by molar-refractivity contribution is -0.150. The van der Waals surface area contributed by atoms with Crippen molar-refractivity contribution in [2.45, 2.75) is 31.7 Å². The SMILES string of the molecule is CCC(=O)O/C=C1/S[C@@H]2C(NC(=O)COc3ccccc3)C(=O)N2C(C(=O)O)=C1C. The number of nitrogens with one attached hydrogen (secondary N) is 1. The van der Waals surface area contributed by atoms with Gasteiger partial charge < -0.3 is 19.9 Å². The Kier molecular flexibility index (Phi) is 6.46. The second kappa shape index (κ2) is 9.04. The summed E-state index contributed by atoms with van der Waals surface area (Å²) in [6.45, 7) is 2.88. The maximum Gasteiger partial charge on any atom is 0.352 e. The number of hydrogen-bond donors (Lipinski definition) is 2. The molecule has 0 bridgehead atoms. The highest BCUT2D eigenvalue weighted by Crippen LogP contribution is 2.46. The van der Waals surface area contributed by atoms with E-state index in [1.54, 1.807) is 31.2 Å². The number of aliphatic carboxylic acids is 1. The third kappa shape index (κ3) is 4.33. The molecule has 30 heavy (non-hydrogen) atoms. The van der Waals surface area contributed by atoms with E-state index in [2.05, 4.69) is 5.32 Å². The first-order valence-electron chi connectivity index (χ1n) is 9.14. The van der Waals surface area contributed by atoms with Crippen molar-refractivity contribution >= 4 is 35.5 Å². The van der Waals surface area contributed by atoms with Gasteiger partial charge >= 0.3 is 11.9 Å². The quantitative estimate of drug-likeness (QED) is 0.379. The van der Waals surface area contributed by atoms with Crippen LogP contribution in [-0.2, 0) is 23.9 Å². The van der Waals surface area contributed by atoms with Crippen LogP contribution in [0, 0.1) is 0 Å². The number of nitrogens with zero attached hydrogens (tertiary/aromatic N) is 1. The van der Waals surface area contributed by atoms with Gasteiger partial charge in [-0.25, -0.2) is 4.79 Å². The van der Waals surface area contributed by atoms with Crippen LogP contribution in [0.2, 0.25) is 0 Å². The predicted octanol–water partition coefficient (Wildman–Crippen LogP) is 1.62. The van der Waals surface area contributed by atoms with E-state index in [1.807, 2.05) is 6.07 Å². The van der Waals surface area contributed by atoms with Crippen molar-refractivity contribution in [3.63, 3.8) is 0 Å². The number of thioether (sulfide) groups is 1. The molecule has 2 atom stereocenters. The number of allylic oxidation sites excluding steroid dienone is 1. The molecular formula is C20H20N2O7S. The summed E-state index contributed by atoms with van der Waals surface area (Å²) >= 11 is 1.14. The van der Waals surface area contributed by atoms with Gasteiger partial charge in [0.1, 0.15) is 29.1 Å². The van der Waals surface area contributed by atoms with E-state index >= 15 is 0 Å². The van der Waals surface area contributed by atoms with E-state index in [0.29, 0.717) is 16.2 Å². The van der Waals surface area contributed by atoms with Crippen molar-refractivity contribution in [3.8, 4) is 5.75 Å². The molecule has 3 rings (SSSR count). The summed E-state index contributed by atoms with van der Waals surface area (Å²) in [5.74, 6) is -2.28. The van der Waals surface area contributed by atoms with Crippen LogP contribution in [0.15, 0.2) is 52.8 Å². The average Bonchev–Trinajstić information content (AvgIpc) is 2.75. The number of carboxylic acids is 1. The molecule has 2 N–H and O–H groups in total. The van der Waals surface area contributed by atoms with E-state index < -0.39 is 35.2 Å². The van der Waals surface area contributed by atoms with Gasteiger partial charge in [-0.05, 0) is 24.6 Å². The molecule has 1 aromatic rings. The number of ether oxygens (including phenoxy) is 2. The predicted molar refractivity (Wildman–Crippen MR) is 107 cm³/mol. The number of carbonyl (C=O) groups excluding carboxylic acids is 3. The van der Waals surface area contributed by atoms with Crippen molar-refractivity contribution in [1.82, 2.24) is 10.2 Å². The Balaban J connectivity index is 1.71. The summed E-state index contributed by atoms with van der Waals surface area (Å²) in [7, 11) is 0. The Hall–Kier alpha value is -3.27. The van der Waals surface area contributed by atoms with Crippen molar-refractivity contribution in [1.29, 1.82) is 0 Å². The normalized spacial score (nSPS) is 21.6. The first kappa shape index (κ1) is 21.4. The Labute approximate surface area is 176 Å². The number of benzene rings is 1. The Morgan fingerprint density at radius 3 is 2.60 bits per heavy atom. The zero-order valence-electron chi connectivity index (χ0n) is 16.3. The molecule has 2 heterocycles. The molecule has 10 heteroatoms. The fraction of sp³-hybridized carbons (Fsp3) is 0.300. The number of carbonyl (C=O) groups is 4. The molecule has 0 radical (unpaired) electrons. The van der Waals surface area contributed by atoms with Gasteiger partial charge in [0, 0.05) is 11.3 Å². The average molecular weight is 432 g/mol. The Morgan fingerprint density at radius 2 is 1.97 bits per heavy atom. The van der Waals surface area contributed by atoms with Gasteiger partial charge in [0.05, 0.1) is 0 Å². The van der Waals surface area contributed by atoms with Crippen molar-refractivity contribution in [2.24, 2.45) is 0 Å². The van der Waals surface area contributed by atoms with Gasteiger partial charge in [0.15, 0.2) is 6.61 Å². The van der Waals surface area contributed by atoms with E-state index in [4.69, 9.17) is 9.47 Å². The summed E-state index contributed by atoms with van der Waals surface area (Å²) in [5, 5.41) is 11.5. The smallest absolute Gasteiger partial charge is 0.352 e. The molecule has 0 aromatic heterocycles. The number of β-lactam (4-membered cyclic amide) rings is 1. The van der Waals surface area contributed by atoms with Crippen LogP contribution in [-0.4, -0.2) is 51.8 Å². The monoisotopic (exact) mass is 432 g/mol. The molecule has 1 fully saturated rings. The standard InChI is InChI=1S/C20H20N2O7S/c1-3-15(24)29-9-13-11(2)17(20(26)27)22-18(25)16(19(22)30-13)21-14(23)10-28-12-7-5-4-6-8-12/h4-9,16,19H,3,10H2,1-2H3,(H,21,23)(H,26,27)/b13-9+/t16?,19-/m1/s1. The first-order chi connectivity index (χ1) is 14.3. The number of carboxylic acid groups (broad SMARTS) is 1. The van der Waals surface area contributed by atoms with Crippen LogP contribution in [0.5, 0.6) is 5.75 Å². The molecule has 1 saturated heterocycles. The number of amides is 2. The number of esters is 1. The fourth-order valence-corrected chi connectivity index (χ4v) is 4.21. The lowest BCUT2D eigenvalue weighted by Gasteiger charge is -2.49. The van der Waals surface area contributed by atoms with E-state index in [1.165, 1.54) is 13.2 Å². The van der Waals surface area contributed by atoms with Gasteiger partial charge in [-0.2, -0.15) is 0 Å². The van der Waals surface area contributed by atoms with Gasteiger partial charge in [0.25, 0.3) is 11.8 Å². The van der Waals surface area contributed by atoms with Gasteiger partial charge in [-0.1, -0.05) is 36.9 Å². The van der Waals surface area contributed by atoms with Crippen molar-refractivity contribution in [2.75, 3.05) is 6.61 Å². The highest BCUT2D eigenvalue weighted by molar-refractivity contribution is 8.04. The lowest BCUT2D eigenvalue weighted by atomic mass is 10.0. The zero-order chi connectivity index (χ0) is 21.8. The first-order valence-corrected chi connectivity index (χ1v) is 10.0. The van der Waals surface area contributed by atoms with Crippen molar-refractivity contribution < 1.29 is 33.8 Å². The second-order valence-electron chi connectivity index (χ2n) is 6.47. The minimum Gasteiger partial charge on any atom is -0.484 e. The summed E-state index contributed by atoms with van der Waals surface area (Å²) in [4.78, 5) is 49.5. The minimum absolute atomic E-state index is 0.164. The molecule has 2 aliphatic heterocycles. The van der Waals surface area contributed by atoms with E-state index in [9.17, 15) is 24.3 Å². The zero-order valence-corrected chi connectivity index (χ0v) is 17.1. The molecule has 2 aliphatic rings. The maximum atomic E-state index is 12.5. The largest absolute Gasteiger partial charge is 0.484 e. The van der Waals surface area contributed by atoms with Gasteiger partial charge in [-0.15, -0.1) is 0 Å². The fourth-order valence-electron chi connectivity index (χ4n) is 2.93. The second-order valence-corrected chi connectivity index (χ2v) is 7.63. The van der Waals surface area contributed by atoms with Gasteiger partial charge in [0.2, 0.25) is 0 Å². The number of para-hydroxylation sites is 1. The molecular weight excluding hydrogens is 412 g/mol. The third-order valence-corrected chi connectivity index (χ3v) is 5.86. The summed E-state index contributed by atoms with van der Waals surface area (Å²) in [6, 6.07) is 7.81. The molecule has 0 spiro atoms. The van der Waals surface area contributed by atoms with Crippen LogP contribution in [0.1, 0.15) is 20.3 Å². The molecule has 2 amide bonds. The Morgan fingerprint density at radius 1 is 1.27 bits per heavy atom. The highest BCUT2D eigenvalue weighted by Gasteiger charge is 2.55. The van der Waals surface area contributed by atoms with E-state index in [0.717, 1.165) is 16.7 Å². The molecule has 1 aromatic carbocycles. The van der Waals surface area contributed by atoms with E-state index in [-0.39, 0.29) is 18.7 Å². The number of fused-ring (bicyclic) bond motifs is 1. The molecule has 1 unspecified atom stereocenters. The number of hydrogen-bond acceptors (Lipinski definition) is 7. The van der Waals surface area contributed by atoms with Crippen LogP contribution >= 0.6 is 11.8 Å². The molecule has 9 nitrogen and oxygen atoms in total. The van der Waals surface area contributed by atoms with Crippen LogP contribution < -0.4 is 10.1 Å². The topological polar surface area (TPSA) is 122 Å². The lowest BCUT2D eigenvalue weighted by Crippen LogP contribution is -2.70.